The molecule has 1 aliphatic heterocycles. The molecule has 2 heterocycles. The number of benzene rings is 1. The molecule has 1 fully saturated rings. The van der Waals surface area contributed by atoms with E-state index in [9.17, 15) is 9.59 Å². The number of imide groups is 1. The Labute approximate surface area is 137 Å². The number of hydrogen-bond donors (Lipinski definition) is 2. The Hall–Kier alpha value is -2.93. The van der Waals surface area contributed by atoms with E-state index >= 15 is 0 Å². The van der Waals surface area contributed by atoms with Gasteiger partial charge in [0.1, 0.15) is 11.5 Å². The molecule has 0 aliphatic carbocycles. The van der Waals surface area contributed by atoms with Gasteiger partial charge < -0.3 is 10.2 Å². The van der Waals surface area contributed by atoms with Crippen molar-refractivity contribution in [1.29, 1.82) is 0 Å². The molecule has 23 heavy (non-hydrogen) atoms. The summed E-state index contributed by atoms with van der Waals surface area (Å²) in [5.41, 5.74) is 1.45. The summed E-state index contributed by atoms with van der Waals surface area (Å²) >= 11 is 5.97. The number of hydrogen-bond acceptors (Lipinski definition) is 5. The summed E-state index contributed by atoms with van der Waals surface area (Å²) in [7, 11) is 1.84. The Balaban J connectivity index is 1.95. The molecule has 1 saturated heterocycles. The quantitative estimate of drug-likeness (QED) is 0.511. The number of carbonyl (C=O) groups excluding carboxylic acids is 2. The maximum Gasteiger partial charge on any atom is 0.326 e. The summed E-state index contributed by atoms with van der Waals surface area (Å²) in [6, 6.07) is 10.7. The minimum Gasteiger partial charge on any atom is -0.329 e. The lowest BCUT2D eigenvalue weighted by molar-refractivity contribution is -0.115. The third kappa shape index (κ3) is 3.29. The SMILES string of the molecule is CN(c1ccccc1)c1cc(/C=C2/NC(=O)NC2=O)nc(Cl)n1. The zero-order chi connectivity index (χ0) is 16.4. The van der Waals surface area contributed by atoms with Crippen LogP contribution in [0.4, 0.5) is 16.3 Å². The van der Waals surface area contributed by atoms with E-state index in [0.717, 1.165) is 5.69 Å². The molecule has 0 spiro atoms. The number of anilines is 2. The van der Waals surface area contributed by atoms with E-state index in [2.05, 4.69) is 20.6 Å². The van der Waals surface area contributed by atoms with Crippen molar-refractivity contribution in [2.24, 2.45) is 0 Å². The second-order valence-electron chi connectivity index (χ2n) is 4.78. The summed E-state index contributed by atoms with van der Waals surface area (Å²) in [5.74, 6) is 0.0514. The van der Waals surface area contributed by atoms with Crippen molar-refractivity contribution < 1.29 is 9.59 Å². The van der Waals surface area contributed by atoms with Crippen molar-refractivity contribution in [2.45, 2.75) is 0 Å². The first-order valence-corrected chi connectivity index (χ1v) is 7.08. The van der Waals surface area contributed by atoms with Crippen LogP contribution in [-0.2, 0) is 4.79 Å². The molecule has 0 radical (unpaired) electrons. The molecule has 0 saturated carbocycles. The van der Waals surface area contributed by atoms with Crippen LogP contribution in [0, 0.1) is 0 Å². The standard InChI is InChI=1S/C15H12ClN5O2/c1-21(10-5-3-2-4-6-10)12-8-9(17-14(16)19-12)7-11-13(22)20-15(23)18-11/h2-8H,1H3,(H2,18,20,22,23)/b11-7+. The Morgan fingerprint density at radius 2 is 1.87 bits per heavy atom. The smallest absolute Gasteiger partial charge is 0.326 e. The lowest BCUT2D eigenvalue weighted by atomic mass is 10.2. The van der Waals surface area contributed by atoms with Gasteiger partial charge >= 0.3 is 6.03 Å². The largest absolute Gasteiger partial charge is 0.329 e. The van der Waals surface area contributed by atoms with E-state index in [4.69, 9.17) is 11.6 Å². The molecule has 0 bridgehead atoms. The fourth-order valence-electron chi connectivity index (χ4n) is 2.08. The molecule has 2 N–H and O–H groups in total. The Kier molecular flexibility index (Phi) is 3.94. The topological polar surface area (TPSA) is 87.2 Å². The van der Waals surface area contributed by atoms with Gasteiger partial charge in [0.2, 0.25) is 5.28 Å². The number of carbonyl (C=O) groups is 2. The molecule has 0 atom stereocenters. The molecule has 0 unspecified atom stereocenters. The van der Waals surface area contributed by atoms with E-state index in [1.165, 1.54) is 6.08 Å². The van der Waals surface area contributed by atoms with Crippen LogP contribution in [0.3, 0.4) is 0 Å². The first kappa shape index (κ1) is 15.0. The average Bonchev–Trinajstić information content (AvgIpc) is 2.84. The minimum atomic E-state index is -0.567. The molecule has 3 amide bonds. The molecular weight excluding hydrogens is 318 g/mol. The number of rotatable bonds is 3. The Morgan fingerprint density at radius 1 is 1.13 bits per heavy atom. The van der Waals surface area contributed by atoms with Gasteiger partial charge in [-0.3, -0.25) is 10.1 Å². The number of urea groups is 1. The van der Waals surface area contributed by atoms with Gasteiger partial charge in [0.05, 0.1) is 5.69 Å². The molecule has 8 heteroatoms. The van der Waals surface area contributed by atoms with E-state index < -0.39 is 11.9 Å². The number of nitrogens with zero attached hydrogens (tertiary/aromatic N) is 3. The predicted molar refractivity (Wildman–Crippen MR) is 86.2 cm³/mol. The van der Waals surface area contributed by atoms with Crippen molar-refractivity contribution in [3.8, 4) is 0 Å². The maximum atomic E-state index is 11.6. The van der Waals surface area contributed by atoms with Crippen molar-refractivity contribution in [3.05, 3.63) is 53.1 Å². The van der Waals surface area contributed by atoms with Crippen LogP contribution in [0.15, 0.2) is 42.1 Å². The van der Waals surface area contributed by atoms with Crippen LogP contribution in [0.5, 0.6) is 0 Å². The van der Waals surface area contributed by atoms with Crippen molar-refractivity contribution >= 4 is 41.1 Å². The van der Waals surface area contributed by atoms with E-state index in [0.29, 0.717) is 11.5 Å². The van der Waals surface area contributed by atoms with Crippen LogP contribution in [0.1, 0.15) is 5.69 Å². The lowest BCUT2D eigenvalue weighted by Crippen LogP contribution is -2.22. The molecule has 3 rings (SSSR count). The van der Waals surface area contributed by atoms with E-state index in [1.807, 2.05) is 42.3 Å². The van der Waals surface area contributed by atoms with Crippen molar-refractivity contribution in [1.82, 2.24) is 20.6 Å². The number of nitrogens with one attached hydrogen (secondary N) is 2. The van der Waals surface area contributed by atoms with Crippen LogP contribution in [0.2, 0.25) is 5.28 Å². The normalized spacial score (nSPS) is 15.5. The second kappa shape index (κ2) is 6.05. The molecule has 116 valence electrons. The van der Waals surface area contributed by atoms with Crippen molar-refractivity contribution in [2.75, 3.05) is 11.9 Å². The number of halogens is 1. The van der Waals surface area contributed by atoms with Gasteiger partial charge in [-0.1, -0.05) is 18.2 Å². The van der Waals surface area contributed by atoms with Gasteiger partial charge in [-0.15, -0.1) is 0 Å². The Morgan fingerprint density at radius 3 is 2.52 bits per heavy atom. The van der Waals surface area contributed by atoms with Crippen molar-refractivity contribution in [3.63, 3.8) is 0 Å². The number of para-hydroxylation sites is 1. The van der Waals surface area contributed by atoms with Crippen LogP contribution < -0.4 is 15.5 Å². The van der Waals surface area contributed by atoms with E-state index in [1.54, 1.807) is 6.07 Å². The third-order valence-corrected chi connectivity index (χ3v) is 3.37. The van der Waals surface area contributed by atoms with Gasteiger partial charge in [-0.25, -0.2) is 14.8 Å². The van der Waals surface area contributed by atoms with Gasteiger partial charge in [0.15, 0.2) is 0 Å². The highest BCUT2D eigenvalue weighted by atomic mass is 35.5. The molecule has 7 nitrogen and oxygen atoms in total. The maximum absolute atomic E-state index is 11.6. The summed E-state index contributed by atoms with van der Waals surface area (Å²) in [4.78, 5) is 32.8. The summed E-state index contributed by atoms with van der Waals surface area (Å²) < 4.78 is 0. The van der Waals surface area contributed by atoms with Gasteiger partial charge in [-0.2, -0.15) is 0 Å². The molecule has 1 aromatic heterocycles. The van der Waals surface area contributed by atoms with E-state index in [-0.39, 0.29) is 11.0 Å². The second-order valence-corrected chi connectivity index (χ2v) is 5.12. The van der Waals surface area contributed by atoms with Crippen LogP contribution >= 0.6 is 11.6 Å². The van der Waals surface area contributed by atoms with Gasteiger partial charge in [-0.05, 0) is 29.8 Å². The predicted octanol–water partition coefficient (Wildman–Crippen LogP) is 2.08. The lowest BCUT2D eigenvalue weighted by Gasteiger charge is -2.18. The minimum absolute atomic E-state index is 0.0434. The highest BCUT2D eigenvalue weighted by Gasteiger charge is 2.23. The van der Waals surface area contributed by atoms with Gasteiger partial charge in [0.25, 0.3) is 5.91 Å². The zero-order valence-electron chi connectivity index (χ0n) is 12.1. The summed E-state index contributed by atoms with van der Waals surface area (Å²) in [6.45, 7) is 0. The Bertz CT molecular complexity index is 807. The number of amides is 3. The fraction of sp³-hybridized carbons (Fsp3) is 0.0667. The molecule has 2 aromatic rings. The summed E-state index contributed by atoms with van der Waals surface area (Å²) in [6.07, 6.45) is 1.44. The average molecular weight is 330 g/mol. The number of aromatic nitrogens is 2. The van der Waals surface area contributed by atoms with Crippen LogP contribution in [-0.4, -0.2) is 29.0 Å². The zero-order valence-corrected chi connectivity index (χ0v) is 12.8. The molecule has 1 aromatic carbocycles. The third-order valence-electron chi connectivity index (χ3n) is 3.20. The summed E-state index contributed by atoms with van der Waals surface area (Å²) in [5, 5.41) is 4.56. The first-order chi connectivity index (χ1) is 11.0. The first-order valence-electron chi connectivity index (χ1n) is 6.70. The highest BCUT2D eigenvalue weighted by Crippen LogP contribution is 2.23. The van der Waals surface area contributed by atoms with Crippen LogP contribution in [0.25, 0.3) is 6.08 Å². The van der Waals surface area contributed by atoms with Gasteiger partial charge in [0, 0.05) is 18.8 Å². The monoisotopic (exact) mass is 329 g/mol. The molecule has 1 aliphatic rings. The highest BCUT2D eigenvalue weighted by molar-refractivity contribution is 6.28. The fourth-order valence-corrected chi connectivity index (χ4v) is 2.27. The molecular formula is C15H12ClN5O2.